The molecule has 0 unspecified atom stereocenters. The molecule has 0 spiro atoms. The highest BCUT2D eigenvalue weighted by Gasteiger charge is 2.35. The zero-order chi connectivity index (χ0) is 17.3. The van der Waals surface area contributed by atoms with E-state index in [-0.39, 0.29) is 23.0 Å². The predicted molar refractivity (Wildman–Crippen MR) is 91.3 cm³/mol. The first-order chi connectivity index (χ1) is 11.6. The molecule has 0 N–H and O–H groups in total. The van der Waals surface area contributed by atoms with E-state index in [2.05, 4.69) is 4.98 Å². The van der Waals surface area contributed by atoms with E-state index < -0.39 is 0 Å². The molecule has 0 amide bonds. The van der Waals surface area contributed by atoms with Crippen molar-refractivity contribution in [3.8, 4) is 11.5 Å². The van der Waals surface area contributed by atoms with Crippen molar-refractivity contribution in [1.82, 2.24) is 4.98 Å². The molecule has 1 aromatic heterocycles. The summed E-state index contributed by atoms with van der Waals surface area (Å²) in [7, 11) is 0. The first-order valence-electron chi connectivity index (χ1n) is 7.91. The van der Waals surface area contributed by atoms with Crippen molar-refractivity contribution >= 4 is 11.6 Å². The Morgan fingerprint density at radius 2 is 1.42 bits per heavy atom. The zero-order valence-corrected chi connectivity index (χ0v) is 13.8. The average molecular weight is 319 g/mol. The van der Waals surface area contributed by atoms with Gasteiger partial charge in [0.1, 0.15) is 0 Å². The molecule has 2 aromatic carbocycles. The molecule has 1 aliphatic carbocycles. The van der Waals surface area contributed by atoms with Gasteiger partial charge in [-0.15, -0.1) is 0 Å². The Bertz CT molecular complexity index is 868. The van der Waals surface area contributed by atoms with Crippen molar-refractivity contribution in [1.29, 1.82) is 0 Å². The molecule has 3 aromatic rings. The summed E-state index contributed by atoms with van der Waals surface area (Å²) in [6, 6.07) is 14.3. The van der Waals surface area contributed by atoms with Crippen LogP contribution >= 0.6 is 0 Å². The number of carbonyl (C=O) groups excluding carboxylic acids is 2. The molecule has 0 radical (unpaired) electrons. The van der Waals surface area contributed by atoms with E-state index in [0.717, 1.165) is 11.1 Å². The molecular formula is C20H17NO3. The Kier molecular flexibility index (Phi) is 4.13. The Morgan fingerprint density at radius 3 is 2.04 bits per heavy atom. The predicted octanol–water partition coefficient (Wildman–Crippen LogP) is 4.45. The monoisotopic (exact) mass is 319 g/mol. The fourth-order valence-corrected chi connectivity index (χ4v) is 2.58. The summed E-state index contributed by atoms with van der Waals surface area (Å²) in [6.45, 7) is 5.98. The first-order valence-corrected chi connectivity index (χ1v) is 7.91. The summed E-state index contributed by atoms with van der Waals surface area (Å²) in [5.41, 5.74) is 2.69. The fraction of sp³-hybridized carbons (Fsp3) is 0.150. The van der Waals surface area contributed by atoms with Crippen LogP contribution in [0.25, 0.3) is 11.5 Å². The van der Waals surface area contributed by atoms with Gasteiger partial charge in [0.25, 0.3) is 0 Å². The molecule has 120 valence electrons. The molecule has 0 aliphatic heterocycles. The number of hydrogen-bond acceptors (Lipinski definition) is 4. The van der Waals surface area contributed by atoms with Crippen LogP contribution in [0.5, 0.6) is 0 Å². The standard InChI is InChI=1S/C18H11NO3.C2H6/c1-10-6-8-11(9-7-10)18-19-14-15(20)12-4-2-3-5-13(12)16(21)17(14)22-18;1-2/h2-9H,1H3;1-2H3. The number of hydrogen-bond donors (Lipinski definition) is 0. The third-order valence-corrected chi connectivity index (χ3v) is 3.76. The van der Waals surface area contributed by atoms with Crippen LogP contribution in [0.15, 0.2) is 52.9 Å². The molecule has 4 heteroatoms. The van der Waals surface area contributed by atoms with E-state index in [0.29, 0.717) is 17.0 Å². The van der Waals surface area contributed by atoms with E-state index in [1.165, 1.54) is 0 Å². The number of ketones is 2. The van der Waals surface area contributed by atoms with Crippen molar-refractivity contribution in [3.63, 3.8) is 0 Å². The van der Waals surface area contributed by atoms with Gasteiger partial charge in [0.2, 0.25) is 23.2 Å². The number of rotatable bonds is 1. The normalized spacial score (nSPS) is 12.1. The van der Waals surface area contributed by atoms with Gasteiger partial charge in [-0.05, 0) is 19.1 Å². The van der Waals surface area contributed by atoms with Crippen molar-refractivity contribution in [2.75, 3.05) is 0 Å². The number of fused-ring (bicyclic) bond motifs is 2. The van der Waals surface area contributed by atoms with E-state index >= 15 is 0 Å². The van der Waals surface area contributed by atoms with Crippen LogP contribution in [-0.4, -0.2) is 16.6 Å². The van der Waals surface area contributed by atoms with Crippen molar-refractivity contribution in [2.24, 2.45) is 0 Å². The lowest BCUT2D eigenvalue weighted by atomic mass is 9.91. The van der Waals surface area contributed by atoms with Gasteiger partial charge in [0.05, 0.1) is 0 Å². The van der Waals surface area contributed by atoms with Gasteiger partial charge in [-0.3, -0.25) is 9.59 Å². The van der Waals surface area contributed by atoms with Crippen LogP contribution in [0.2, 0.25) is 0 Å². The fourth-order valence-electron chi connectivity index (χ4n) is 2.58. The van der Waals surface area contributed by atoms with Crippen molar-refractivity contribution in [3.05, 3.63) is 76.7 Å². The Balaban J connectivity index is 0.000000815. The minimum absolute atomic E-state index is 0.0271. The maximum atomic E-state index is 12.5. The maximum Gasteiger partial charge on any atom is 0.231 e. The van der Waals surface area contributed by atoms with Gasteiger partial charge >= 0.3 is 0 Å². The minimum atomic E-state index is -0.295. The number of aryl methyl sites for hydroxylation is 1. The Morgan fingerprint density at radius 1 is 0.833 bits per heavy atom. The van der Waals surface area contributed by atoms with Gasteiger partial charge in [0, 0.05) is 16.7 Å². The minimum Gasteiger partial charge on any atom is -0.432 e. The molecule has 4 nitrogen and oxygen atoms in total. The summed E-state index contributed by atoms with van der Waals surface area (Å²) >= 11 is 0. The van der Waals surface area contributed by atoms with Gasteiger partial charge < -0.3 is 4.42 Å². The largest absolute Gasteiger partial charge is 0.432 e. The summed E-state index contributed by atoms with van der Waals surface area (Å²) in [5.74, 6) is -0.248. The lowest BCUT2D eigenvalue weighted by Crippen LogP contribution is -2.19. The molecule has 1 heterocycles. The van der Waals surface area contributed by atoms with Gasteiger partial charge in [-0.1, -0.05) is 55.8 Å². The smallest absolute Gasteiger partial charge is 0.231 e. The second-order valence-electron chi connectivity index (χ2n) is 5.27. The summed E-state index contributed by atoms with van der Waals surface area (Å²) in [5, 5.41) is 0. The number of aromatic nitrogens is 1. The van der Waals surface area contributed by atoms with Crippen molar-refractivity contribution in [2.45, 2.75) is 20.8 Å². The van der Waals surface area contributed by atoms with Gasteiger partial charge in [-0.25, -0.2) is 4.98 Å². The average Bonchev–Trinajstić information content (AvgIpc) is 3.08. The number of carbonyl (C=O) groups is 2. The van der Waals surface area contributed by atoms with Crippen LogP contribution in [0.1, 0.15) is 51.6 Å². The summed E-state index contributed by atoms with van der Waals surface area (Å²) in [6.07, 6.45) is 0. The Labute approximate surface area is 140 Å². The summed E-state index contributed by atoms with van der Waals surface area (Å²) < 4.78 is 5.59. The lowest BCUT2D eigenvalue weighted by molar-refractivity contribution is 0.0959. The van der Waals surface area contributed by atoms with Gasteiger partial charge in [0.15, 0.2) is 5.69 Å². The molecule has 0 bridgehead atoms. The second-order valence-corrected chi connectivity index (χ2v) is 5.27. The zero-order valence-electron chi connectivity index (χ0n) is 13.8. The maximum absolute atomic E-state index is 12.5. The van der Waals surface area contributed by atoms with E-state index in [9.17, 15) is 9.59 Å². The van der Waals surface area contributed by atoms with Crippen LogP contribution < -0.4 is 0 Å². The lowest BCUT2D eigenvalue weighted by Gasteiger charge is -2.10. The Hall–Kier alpha value is -3.01. The highest BCUT2D eigenvalue weighted by molar-refractivity contribution is 6.26. The third-order valence-electron chi connectivity index (χ3n) is 3.76. The van der Waals surface area contributed by atoms with E-state index in [4.69, 9.17) is 4.42 Å². The highest BCUT2D eigenvalue weighted by Crippen LogP contribution is 2.30. The second kappa shape index (κ2) is 6.24. The molecule has 24 heavy (non-hydrogen) atoms. The number of oxazole rings is 1. The van der Waals surface area contributed by atoms with Gasteiger partial charge in [-0.2, -0.15) is 0 Å². The highest BCUT2D eigenvalue weighted by atomic mass is 16.4. The van der Waals surface area contributed by atoms with Crippen LogP contribution in [0.4, 0.5) is 0 Å². The van der Waals surface area contributed by atoms with E-state index in [1.54, 1.807) is 24.3 Å². The topological polar surface area (TPSA) is 60.2 Å². The summed E-state index contributed by atoms with van der Waals surface area (Å²) in [4.78, 5) is 29.2. The number of nitrogens with zero attached hydrogens (tertiary/aromatic N) is 1. The SMILES string of the molecule is CC.Cc1ccc(-c2nc3c(o2)C(=O)c2ccccc2C3=O)cc1. The molecular weight excluding hydrogens is 302 g/mol. The third kappa shape index (κ3) is 2.46. The van der Waals surface area contributed by atoms with E-state index in [1.807, 2.05) is 45.0 Å². The van der Waals surface area contributed by atoms with Crippen LogP contribution in [-0.2, 0) is 0 Å². The molecule has 0 atom stereocenters. The molecule has 0 saturated heterocycles. The molecule has 4 rings (SSSR count). The van der Waals surface area contributed by atoms with Crippen LogP contribution in [0.3, 0.4) is 0 Å². The quantitative estimate of drug-likeness (QED) is 0.520. The van der Waals surface area contributed by atoms with Crippen molar-refractivity contribution < 1.29 is 14.0 Å². The molecule has 1 aliphatic rings. The first kappa shape index (κ1) is 15.9. The van der Waals surface area contributed by atoms with Crippen LogP contribution in [0, 0.1) is 6.92 Å². The number of benzene rings is 2. The molecule has 0 saturated carbocycles. The molecule has 0 fully saturated rings.